The van der Waals surface area contributed by atoms with Crippen LogP contribution in [0.15, 0.2) is 37.8 Å². The fourth-order valence-corrected chi connectivity index (χ4v) is 2.47. The molecule has 7 nitrogen and oxygen atoms in total. The van der Waals surface area contributed by atoms with E-state index in [4.69, 9.17) is 10.5 Å². The fourth-order valence-electron chi connectivity index (χ4n) is 1.60. The molecule has 3 N–H and O–H groups in total. The molecule has 0 radical (unpaired) electrons. The van der Waals surface area contributed by atoms with Crippen molar-refractivity contribution in [3.05, 3.63) is 38.9 Å². The topological polar surface area (TPSA) is 103 Å². The van der Waals surface area contributed by atoms with Crippen LogP contribution < -0.4 is 21.6 Å². The first-order valence-electron chi connectivity index (χ1n) is 6.39. The van der Waals surface area contributed by atoms with Gasteiger partial charge in [-0.3, -0.25) is 19.4 Å². The number of aryl methyl sites for hydroxylation is 1. The molecule has 0 spiro atoms. The second-order valence-electron chi connectivity index (χ2n) is 4.32. The van der Waals surface area contributed by atoms with E-state index in [1.54, 1.807) is 19.2 Å². The Bertz CT molecular complexity index is 754. The predicted molar refractivity (Wildman–Crippen MR) is 80.9 cm³/mol. The van der Waals surface area contributed by atoms with Crippen LogP contribution in [0.25, 0.3) is 0 Å². The van der Waals surface area contributed by atoms with Gasteiger partial charge in [0.05, 0.1) is 12.3 Å². The number of nitrogens with two attached hydrogens (primary N) is 1. The van der Waals surface area contributed by atoms with Gasteiger partial charge in [-0.05, 0) is 30.3 Å². The molecule has 2 rings (SSSR count). The number of nitrogen functional groups attached to an aromatic ring is 1. The predicted octanol–water partition coefficient (Wildman–Crippen LogP) is 0.991. The number of hydrogen-bond acceptors (Lipinski definition) is 6. The molecule has 0 bridgehead atoms. The molecular weight excluding hydrogens is 292 g/mol. The number of H-pyrrole nitrogens is 1. The molecule has 0 saturated heterocycles. The molecule has 0 aliphatic rings. The van der Waals surface area contributed by atoms with E-state index in [0.29, 0.717) is 28.1 Å². The lowest BCUT2D eigenvalue weighted by molar-refractivity contribution is 0.318. The molecular formula is C13H16N4O3S. The Morgan fingerprint density at radius 2 is 2.19 bits per heavy atom. The van der Waals surface area contributed by atoms with Crippen LogP contribution in [0.3, 0.4) is 0 Å². The van der Waals surface area contributed by atoms with E-state index in [2.05, 4.69) is 10.1 Å². The van der Waals surface area contributed by atoms with Gasteiger partial charge in [-0.25, -0.2) is 0 Å². The van der Waals surface area contributed by atoms with Gasteiger partial charge in [-0.15, -0.1) is 0 Å². The summed E-state index contributed by atoms with van der Waals surface area (Å²) >= 11 is 1.19. The number of ether oxygens (including phenoxy) is 1. The SMILES string of the molecule is CCCOc1cccc(Sc2nc(=O)c(=O)[nH]n2C)c1N. The Morgan fingerprint density at radius 3 is 2.90 bits per heavy atom. The summed E-state index contributed by atoms with van der Waals surface area (Å²) < 4.78 is 6.93. The summed E-state index contributed by atoms with van der Waals surface area (Å²) in [4.78, 5) is 27.0. The number of para-hydroxylation sites is 1. The number of benzene rings is 1. The number of rotatable bonds is 5. The number of aromatic amines is 1. The zero-order chi connectivity index (χ0) is 15.4. The molecule has 0 unspecified atom stereocenters. The summed E-state index contributed by atoms with van der Waals surface area (Å²) in [7, 11) is 1.60. The summed E-state index contributed by atoms with van der Waals surface area (Å²) in [5.41, 5.74) is 4.96. The number of nitrogens with zero attached hydrogens (tertiary/aromatic N) is 2. The van der Waals surface area contributed by atoms with Gasteiger partial charge in [0.25, 0.3) is 0 Å². The molecule has 21 heavy (non-hydrogen) atoms. The third-order valence-electron chi connectivity index (χ3n) is 2.64. The summed E-state index contributed by atoms with van der Waals surface area (Å²) in [6.07, 6.45) is 0.882. The molecule has 0 fully saturated rings. The van der Waals surface area contributed by atoms with Crippen molar-refractivity contribution in [2.75, 3.05) is 12.3 Å². The first-order valence-corrected chi connectivity index (χ1v) is 7.21. The van der Waals surface area contributed by atoms with E-state index in [1.165, 1.54) is 16.4 Å². The maximum Gasteiger partial charge on any atom is 0.339 e. The van der Waals surface area contributed by atoms with Gasteiger partial charge in [0, 0.05) is 11.9 Å². The molecule has 0 aliphatic heterocycles. The van der Waals surface area contributed by atoms with Crippen LogP contribution in [0.1, 0.15) is 13.3 Å². The van der Waals surface area contributed by atoms with Crippen molar-refractivity contribution in [2.45, 2.75) is 23.4 Å². The molecule has 0 saturated carbocycles. The quantitative estimate of drug-likeness (QED) is 0.631. The highest BCUT2D eigenvalue weighted by Crippen LogP contribution is 2.35. The number of hydrogen-bond donors (Lipinski definition) is 2. The molecule has 0 amide bonds. The average Bonchev–Trinajstić information content (AvgIpc) is 2.45. The maximum atomic E-state index is 11.3. The Kier molecular flexibility index (Phi) is 4.69. The molecule has 1 aromatic carbocycles. The van der Waals surface area contributed by atoms with Crippen molar-refractivity contribution >= 4 is 17.4 Å². The molecule has 112 valence electrons. The third-order valence-corrected chi connectivity index (χ3v) is 3.76. The van der Waals surface area contributed by atoms with Crippen molar-refractivity contribution in [1.82, 2.24) is 14.8 Å². The van der Waals surface area contributed by atoms with Crippen LogP contribution in [-0.4, -0.2) is 21.4 Å². The van der Waals surface area contributed by atoms with E-state index in [-0.39, 0.29) is 0 Å². The van der Waals surface area contributed by atoms with Gasteiger partial charge in [0.1, 0.15) is 5.75 Å². The number of aromatic nitrogens is 3. The first-order chi connectivity index (χ1) is 10.0. The molecule has 2 aromatic rings. The monoisotopic (exact) mass is 308 g/mol. The van der Waals surface area contributed by atoms with Gasteiger partial charge in [-0.2, -0.15) is 4.98 Å². The van der Waals surface area contributed by atoms with Crippen molar-refractivity contribution in [3.63, 3.8) is 0 Å². The van der Waals surface area contributed by atoms with Crippen LogP contribution in [0.5, 0.6) is 5.75 Å². The first kappa shape index (κ1) is 15.2. The largest absolute Gasteiger partial charge is 0.491 e. The van der Waals surface area contributed by atoms with Gasteiger partial charge >= 0.3 is 11.1 Å². The van der Waals surface area contributed by atoms with Crippen LogP contribution in [-0.2, 0) is 7.05 Å². The maximum absolute atomic E-state index is 11.3. The van der Waals surface area contributed by atoms with Crippen molar-refractivity contribution in [3.8, 4) is 5.75 Å². The second-order valence-corrected chi connectivity index (χ2v) is 5.33. The average molecular weight is 308 g/mol. The molecule has 0 atom stereocenters. The minimum atomic E-state index is -0.826. The highest BCUT2D eigenvalue weighted by molar-refractivity contribution is 7.99. The fraction of sp³-hybridized carbons (Fsp3) is 0.308. The summed E-state index contributed by atoms with van der Waals surface area (Å²) in [6, 6.07) is 5.40. The second kappa shape index (κ2) is 6.49. The van der Waals surface area contributed by atoms with Crippen LogP contribution >= 0.6 is 11.8 Å². The Balaban J connectivity index is 2.34. The zero-order valence-electron chi connectivity index (χ0n) is 11.8. The lowest BCUT2D eigenvalue weighted by Crippen LogP contribution is -2.33. The smallest absolute Gasteiger partial charge is 0.339 e. The highest BCUT2D eigenvalue weighted by Gasteiger charge is 2.11. The van der Waals surface area contributed by atoms with Gasteiger partial charge < -0.3 is 10.5 Å². The molecule has 8 heteroatoms. The zero-order valence-corrected chi connectivity index (χ0v) is 12.6. The van der Waals surface area contributed by atoms with E-state index >= 15 is 0 Å². The molecule has 1 aromatic heterocycles. The Hall–Kier alpha value is -2.22. The van der Waals surface area contributed by atoms with E-state index in [1.807, 2.05) is 13.0 Å². The third kappa shape index (κ3) is 3.46. The summed E-state index contributed by atoms with van der Waals surface area (Å²) in [5.74, 6) is 0.594. The van der Waals surface area contributed by atoms with Crippen molar-refractivity contribution < 1.29 is 4.74 Å². The van der Waals surface area contributed by atoms with Gasteiger partial charge in [0.2, 0.25) is 0 Å². The lowest BCUT2D eigenvalue weighted by atomic mass is 10.3. The highest BCUT2D eigenvalue weighted by atomic mass is 32.2. The van der Waals surface area contributed by atoms with E-state index in [0.717, 1.165) is 6.42 Å². The normalized spacial score (nSPS) is 10.6. The summed E-state index contributed by atoms with van der Waals surface area (Å²) in [6.45, 7) is 2.59. The number of anilines is 1. The van der Waals surface area contributed by atoms with E-state index < -0.39 is 11.1 Å². The Morgan fingerprint density at radius 1 is 1.43 bits per heavy atom. The van der Waals surface area contributed by atoms with Crippen LogP contribution in [0.2, 0.25) is 0 Å². The van der Waals surface area contributed by atoms with Crippen LogP contribution in [0, 0.1) is 0 Å². The standard InChI is InChI=1S/C13H16N4O3S/c1-3-7-20-8-5-4-6-9(10(8)14)21-13-15-11(18)12(19)16-17(13)2/h4-6H,3,7,14H2,1-2H3,(H,16,19). The van der Waals surface area contributed by atoms with Crippen molar-refractivity contribution in [1.29, 1.82) is 0 Å². The van der Waals surface area contributed by atoms with Crippen LogP contribution in [0.4, 0.5) is 5.69 Å². The van der Waals surface area contributed by atoms with Gasteiger partial charge in [0.15, 0.2) is 5.16 Å². The van der Waals surface area contributed by atoms with E-state index in [9.17, 15) is 9.59 Å². The number of nitrogens with one attached hydrogen (secondary N) is 1. The molecule has 1 heterocycles. The summed E-state index contributed by atoms with van der Waals surface area (Å²) in [5, 5.41) is 2.74. The minimum absolute atomic E-state index is 0.346. The minimum Gasteiger partial charge on any atom is -0.491 e. The molecule has 0 aliphatic carbocycles. The Labute approximate surface area is 125 Å². The van der Waals surface area contributed by atoms with Gasteiger partial charge in [-0.1, -0.05) is 13.0 Å². The van der Waals surface area contributed by atoms with Crippen molar-refractivity contribution in [2.24, 2.45) is 7.05 Å². The lowest BCUT2D eigenvalue weighted by Gasteiger charge is -2.12.